The molecule has 0 spiro atoms. The SMILES string of the molecule is NCCC[C@@H](N)CNC(=O)c1cc2ccc(-c3ccc(O)cc3)cc2[nH]1. The van der Waals surface area contributed by atoms with Crippen LogP contribution in [0, 0.1) is 0 Å². The molecule has 1 amide bonds. The number of phenols is 1. The number of nitrogens with two attached hydrogens (primary N) is 2. The Hall–Kier alpha value is -2.83. The van der Waals surface area contributed by atoms with Crippen molar-refractivity contribution in [2.24, 2.45) is 11.5 Å². The predicted molar refractivity (Wildman–Crippen MR) is 104 cm³/mol. The highest BCUT2D eigenvalue weighted by Crippen LogP contribution is 2.26. The second kappa shape index (κ2) is 8.03. The summed E-state index contributed by atoms with van der Waals surface area (Å²) < 4.78 is 0. The number of aromatic hydroxyl groups is 1. The zero-order valence-electron chi connectivity index (χ0n) is 14.5. The first-order valence-corrected chi connectivity index (χ1v) is 8.73. The van der Waals surface area contributed by atoms with Crippen LogP contribution >= 0.6 is 0 Å². The predicted octanol–water partition coefficient (Wildman–Crippen LogP) is 2.34. The second-order valence-electron chi connectivity index (χ2n) is 6.43. The quantitative estimate of drug-likeness (QED) is 0.448. The summed E-state index contributed by atoms with van der Waals surface area (Å²) in [6, 6.07) is 14.7. The molecule has 0 aliphatic heterocycles. The van der Waals surface area contributed by atoms with Crippen LogP contribution in [0.5, 0.6) is 5.75 Å². The Morgan fingerprint density at radius 1 is 1.12 bits per heavy atom. The zero-order chi connectivity index (χ0) is 18.5. The number of fused-ring (bicyclic) bond motifs is 1. The number of carbonyl (C=O) groups is 1. The number of phenolic OH excluding ortho intramolecular Hbond substituents is 1. The number of aromatic nitrogens is 1. The molecule has 0 unspecified atom stereocenters. The standard InChI is InChI=1S/C20H24N4O2/c21-9-1-2-16(22)12-23-20(26)19-11-15-4-3-14(10-18(15)24-19)13-5-7-17(25)8-6-13/h3-8,10-11,16,24-25H,1-2,9,12,21-22H2,(H,23,26)/t16-/m1/s1. The van der Waals surface area contributed by atoms with Crippen molar-refractivity contribution in [3.8, 4) is 16.9 Å². The molecule has 1 atom stereocenters. The van der Waals surface area contributed by atoms with Crippen LogP contribution in [0.15, 0.2) is 48.5 Å². The van der Waals surface area contributed by atoms with E-state index in [0.29, 0.717) is 18.8 Å². The normalized spacial score (nSPS) is 12.2. The monoisotopic (exact) mass is 352 g/mol. The fourth-order valence-corrected chi connectivity index (χ4v) is 2.88. The fourth-order valence-electron chi connectivity index (χ4n) is 2.88. The maximum atomic E-state index is 12.3. The Morgan fingerprint density at radius 2 is 1.85 bits per heavy atom. The minimum atomic E-state index is -0.171. The molecule has 0 radical (unpaired) electrons. The van der Waals surface area contributed by atoms with Crippen LogP contribution in [0.4, 0.5) is 0 Å². The molecule has 0 aliphatic rings. The number of hydrogen-bond donors (Lipinski definition) is 5. The van der Waals surface area contributed by atoms with Gasteiger partial charge in [0.25, 0.3) is 5.91 Å². The average Bonchev–Trinajstić information content (AvgIpc) is 3.08. The lowest BCUT2D eigenvalue weighted by Gasteiger charge is -2.11. The summed E-state index contributed by atoms with van der Waals surface area (Å²) in [6.45, 7) is 1.03. The van der Waals surface area contributed by atoms with Crippen LogP contribution in [0.3, 0.4) is 0 Å². The molecule has 0 aliphatic carbocycles. The van der Waals surface area contributed by atoms with E-state index in [2.05, 4.69) is 10.3 Å². The maximum absolute atomic E-state index is 12.3. The van der Waals surface area contributed by atoms with Crippen LogP contribution < -0.4 is 16.8 Å². The van der Waals surface area contributed by atoms with E-state index >= 15 is 0 Å². The number of benzene rings is 2. The van der Waals surface area contributed by atoms with Gasteiger partial charge in [0.2, 0.25) is 0 Å². The summed E-state index contributed by atoms with van der Waals surface area (Å²) in [5, 5.41) is 13.2. The lowest BCUT2D eigenvalue weighted by Crippen LogP contribution is -2.37. The molecule has 0 bridgehead atoms. The minimum absolute atomic E-state index is 0.0898. The van der Waals surface area contributed by atoms with E-state index in [0.717, 1.165) is 34.9 Å². The number of nitrogens with one attached hydrogen (secondary N) is 2. The summed E-state index contributed by atoms with van der Waals surface area (Å²) in [5.41, 5.74) is 14.8. The van der Waals surface area contributed by atoms with E-state index in [1.165, 1.54) is 0 Å². The Bertz CT molecular complexity index is 886. The third kappa shape index (κ3) is 4.22. The molecule has 6 nitrogen and oxygen atoms in total. The van der Waals surface area contributed by atoms with E-state index in [1.54, 1.807) is 12.1 Å². The van der Waals surface area contributed by atoms with Crippen LogP contribution in [0.1, 0.15) is 23.3 Å². The van der Waals surface area contributed by atoms with E-state index in [4.69, 9.17) is 11.5 Å². The fraction of sp³-hybridized carbons (Fsp3) is 0.250. The highest BCUT2D eigenvalue weighted by Gasteiger charge is 2.11. The molecule has 7 N–H and O–H groups in total. The molecular formula is C20H24N4O2. The van der Waals surface area contributed by atoms with Crippen LogP contribution in [0.2, 0.25) is 0 Å². The first kappa shape index (κ1) is 18.0. The van der Waals surface area contributed by atoms with Gasteiger partial charge in [-0.25, -0.2) is 0 Å². The number of H-pyrrole nitrogens is 1. The molecule has 1 aromatic heterocycles. The first-order valence-electron chi connectivity index (χ1n) is 8.73. The van der Waals surface area contributed by atoms with Crippen molar-refractivity contribution in [2.45, 2.75) is 18.9 Å². The van der Waals surface area contributed by atoms with Gasteiger partial charge in [-0.15, -0.1) is 0 Å². The van der Waals surface area contributed by atoms with E-state index in [-0.39, 0.29) is 17.7 Å². The molecule has 0 saturated heterocycles. The highest BCUT2D eigenvalue weighted by molar-refractivity contribution is 5.98. The lowest BCUT2D eigenvalue weighted by molar-refractivity contribution is 0.0946. The summed E-state index contributed by atoms with van der Waals surface area (Å²) >= 11 is 0. The van der Waals surface area contributed by atoms with Gasteiger partial charge in [0.15, 0.2) is 0 Å². The summed E-state index contributed by atoms with van der Waals surface area (Å²) in [4.78, 5) is 15.5. The van der Waals surface area contributed by atoms with Crippen LogP contribution in [-0.2, 0) is 0 Å². The van der Waals surface area contributed by atoms with Gasteiger partial charge in [-0.2, -0.15) is 0 Å². The Balaban J connectivity index is 1.72. The van der Waals surface area contributed by atoms with Crippen molar-refractivity contribution in [1.29, 1.82) is 0 Å². The van der Waals surface area contributed by atoms with Crippen molar-refractivity contribution < 1.29 is 9.90 Å². The van der Waals surface area contributed by atoms with E-state index in [9.17, 15) is 9.90 Å². The number of hydrogen-bond acceptors (Lipinski definition) is 4. The van der Waals surface area contributed by atoms with Crippen LogP contribution in [-0.4, -0.2) is 35.1 Å². The van der Waals surface area contributed by atoms with Gasteiger partial charge >= 0.3 is 0 Å². The number of rotatable bonds is 7. The van der Waals surface area contributed by atoms with Gasteiger partial charge in [0, 0.05) is 23.5 Å². The molecule has 136 valence electrons. The molecule has 26 heavy (non-hydrogen) atoms. The Morgan fingerprint density at radius 3 is 2.58 bits per heavy atom. The molecule has 0 saturated carbocycles. The number of carbonyl (C=O) groups excluding carboxylic acids is 1. The molecule has 1 heterocycles. The number of amides is 1. The van der Waals surface area contributed by atoms with Gasteiger partial charge in [-0.3, -0.25) is 4.79 Å². The largest absolute Gasteiger partial charge is 0.508 e. The molecule has 6 heteroatoms. The number of aromatic amines is 1. The Labute approximate surface area is 152 Å². The highest BCUT2D eigenvalue weighted by atomic mass is 16.3. The van der Waals surface area contributed by atoms with Crippen molar-refractivity contribution >= 4 is 16.8 Å². The van der Waals surface area contributed by atoms with Gasteiger partial charge in [-0.05, 0) is 54.8 Å². The van der Waals surface area contributed by atoms with Gasteiger partial charge in [-0.1, -0.05) is 24.3 Å². The molecule has 3 aromatic rings. The summed E-state index contributed by atoms with van der Waals surface area (Å²) in [6.07, 6.45) is 1.64. The van der Waals surface area contributed by atoms with Crippen molar-refractivity contribution in [2.75, 3.05) is 13.1 Å². The molecule has 0 fully saturated rings. The van der Waals surface area contributed by atoms with Gasteiger partial charge in [0.1, 0.15) is 11.4 Å². The van der Waals surface area contributed by atoms with Crippen molar-refractivity contribution in [3.63, 3.8) is 0 Å². The second-order valence-corrected chi connectivity index (χ2v) is 6.43. The van der Waals surface area contributed by atoms with Gasteiger partial charge in [0.05, 0.1) is 0 Å². The van der Waals surface area contributed by atoms with Crippen LogP contribution in [0.25, 0.3) is 22.0 Å². The Kier molecular flexibility index (Phi) is 5.55. The van der Waals surface area contributed by atoms with Crippen molar-refractivity contribution in [1.82, 2.24) is 10.3 Å². The zero-order valence-corrected chi connectivity index (χ0v) is 14.5. The smallest absolute Gasteiger partial charge is 0.267 e. The minimum Gasteiger partial charge on any atom is -0.508 e. The third-order valence-electron chi connectivity index (χ3n) is 4.37. The van der Waals surface area contributed by atoms with E-state index < -0.39 is 0 Å². The summed E-state index contributed by atoms with van der Waals surface area (Å²) in [5.74, 6) is 0.0638. The topological polar surface area (TPSA) is 117 Å². The molecule has 3 rings (SSSR count). The van der Waals surface area contributed by atoms with E-state index in [1.807, 2.05) is 36.4 Å². The molecular weight excluding hydrogens is 328 g/mol. The maximum Gasteiger partial charge on any atom is 0.267 e. The average molecular weight is 352 g/mol. The van der Waals surface area contributed by atoms with Gasteiger partial charge < -0.3 is 26.9 Å². The summed E-state index contributed by atoms with van der Waals surface area (Å²) in [7, 11) is 0. The lowest BCUT2D eigenvalue weighted by atomic mass is 10.0. The molecule has 2 aromatic carbocycles. The third-order valence-corrected chi connectivity index (χ3v) is 4.37. The van der Waals surface area contributed by atoms with Crippen molar-refractivity contribution in [3.05, 3.63) is 54.2 Å². The first-order chi connectivity index (χ1) is 12.6.